The lowest BCUT2D eigenvalue weighted by Gasteiger charge is -2.49. The summed E-state index contributed by atoms with van der Waals surface area (Å²) in [7, 11) is -5.63. The molecule has 0 amide bonds. The molecule has 12 N–H and O–H groups in total. The SMILES string of the molecule is CCCCCC/C=C\CCCCCCCC(=O)O[C@H](COC(=O)CCCCCCCCCCCCCCCCC)COP(=O)(O)OC1C(O[C@@H]2OC(CO)[C@H](O)C(O)[C@@H]2O)C(O)C(O)C(O)[C@H]1O[C@H]1OC(CO)[C@@H](O)C(O)[C@H]1O. The lowest BCUT2D eigenvalue weighted by molar-refractivity contribution is -0.360. The zero-order chi connectivity index (χ0) is 58.2. The van der Waals surface area contributed by atoms with Crippen LogP contribution in [0.3, 0.4) is 0 Å². The summed E-state index contributed by atoms with van der Waals surface area (Å²) in [5.74, 6) is -1.34. The molecule has 1 saturated carbocycles. The van der Waals surface area contributed by atoms with Crippen LogP contribution in [-0.2, 0) is 51.6 Å². The Hall–Kier alpha value is -1.81. The van der Waals surface area contributed by atoms with Gasteiger partial charge in [-0.05, 0) is 38.5 Å². The predicted molar refractivity (Wildman–Crippen MR) is 287 cm³/mol. The Kier molecular flexibility index (Phi) is 36.6. The van der Waals surface area contributed by atoms with Crippen LogP contribution in [0, 0.1) is 0 Å². The summed E-state index contributed by atoms with van der Waals surface area (Å²) in [5.41, 5.74) is 0. The lowest BCUT2D eigenvalue weighted by Crippen LogP contribution is -2.69. The number of phosphoric acid groups is 1. The smallest absolute Gasteiger partial charge is 0.462 e. The minimum absolute atomic E-state index is 0.0390. The van der Waals surface area contributed by atoms with Gasteiger partial charge in [0, 0.05) is 12.8 Å². The quantitative estimate of drug-likeness (QED) is 0.0178. The van der Waals surface area contributed by atoms with E-state index in [1.807, 2.05) is 0 Å². The van der Waals surface area contributed by atoms with E-state index in [1.54, 1.807) is 0 Å². The third-order valence-electron chi connectivity index (χ3n) is 14.8. The van der Waals surface area contributed by atoms with Crippen LogP contribution < -0.4 is 0 Å². The van der Waals surface area contributed by atoms with Gasteiger partial charge in [0.1, 0.15) is 92.1 Å². The molecule has 1 aliphatic carbocycles. The van der Waals surface area contributed by atoms with E-state index in [1.165, 1.54) is 89.9 Å². The molecule has 23 nitrogen and oxygen atoms in total. The van der Waals surface area contributed by atoms with Crippen molar-refractivity contribution in [2.75, 3.05) is 26.4 Å². The molecule has 24 heteroatoms. The molecule has 0 radical (unpaired) electrons. The first kappa shape index (κ1) is 71.5. The molecule has 10 unspecified atom stereocenters. The van der Waals surface area contributed by atoms with Crippen molar-refractivity contribution in [3.63, 3.8) is 0 Å². The van der Waals surface area contributed by atoms with Gasteiger partial charge in [0.05, 0.1) is 19.8 Å². The molecule has 79 heavy (non-hydrogen) atoms. The Morgan fingerprint density at radius 2 is 0.835 bits per heavy atom. The lowest BCUT2D eigenvalue weighted by atomic mass is 9.84. The summed E-state index contributed by atoms with van der Waals surface area (Å²) < 4.78 is 58.1. The van der Waals surface area contributed by atoms with Crippen LogP contribution in [0.5, 0.6) is 0 Å². The Labute approximate surface area is 467 Å². The molecule has 2 saturated heterocycles. The van der Waals surface area contributed by atoms with Crippen molar-refractivity contribution in [1.29, 1.82) is 0 Å². The number of hydrogen-bond acceptors (Lipinski definition) is 22. The van der Waals surface area contributed by atoms with E-state index in [0.717, 1.165) is 64.2 Å². The molecule has 0 bridgehead atoms. The molecule has 3 fully saturated rings. The van der Waals surface area contributed by atoms with E-state index < -0.39 is 150 Å². The first-order valence-electron chi connectivity index (χ1n) is 29.5. The average Bonchev–Trinajstić information content (AvgIpc) is 3.55. The molecule has 0 aromatic rings. The molecule has 0 spiro atoms. The molecular weight excluding hydrogens is 1060 g/mol. The number of hydrogen-bond donors (Lipinski definition) is 12. The number of unbranched alkanes of at least 4 members (excludes halogenated alkanes) is 23. The first-order valence-corrected chi connectivity index (χ1v) is 31.0. The topological polar surface area (TPSA) is 368 Å². The van der Waals surface area contributed by atoms with Crippen molar-refractivity contribution in [3.8, 4) is 0 Å². The van der Waals surface area contributed by atoms with Gasteiger partial charge in [0.15, 0.2) is 18.7 Å². The van der Waals surface area contributed by atoms with Crippen molar-refractivity contribution >= 4 is 19.8 Å². The molecule has 2 aliphatic heterocycles. The summed E-state index contributed by atoms with van der Waals surface area (Å²) in [6.07, 6.45) is -2.31. The van der Waals surface area contributed by atoms with E-state index in [-0.39, 0.29) is 12.8 Å². The summed E-state index contributed by atoms with van der Waals surface area (Å²) in [5, 5.41) is 117. The highest BCUT2D eigenvalue weighted by Crippen LogP contribution is 2.49. The van der Waals surface area contributed by atoms with Crippen molar-refractivity contribution in [3.05, 3.63) is 12.2 Å². The van der Waals surface area contributed by atoms with Gasteiger partial charge in [-0.25, -0.2) is 4.57 Å². The minimum atomic E-state index is -5.63. The van der Waals surface area contributed by atoms with Crippen LogP contribution in [0.4, 0.5) is 0 Å². The summed E-state index contributed by atoms with van der Waals surface area (Å²) in [6.45, 7) is 0.989. The number of carbonyl (C=O) groups is 2. The summed E-state index contributed by atoms with van der Waals surface area (Å²) in [6, 6.07) is 0. The third-order valence-corrected chi connectivity index (χ3v) is 15.8. The highest BCUT2D eigenvalue weighted by molar-refractivity contribution is 7.47. The molecule has 3 aliphatic rings. The van der Waals surface area contributed by atoms with Crippen molar-refractivity contribution in [2.24, 2.45) is 0 Å². The zero-order valence-corrected chi connectivity index (χ0v) is 47.8. The van der Waals surface area contributed by atoms with Crippen LogP contribution in [0.15, 0.2) is 12.2 Å². The standard InChI is InChI=1S/C55H101O23P/c1-3-5-7-9-11-13-15-17-18-20-21-23-25-27-29-31-40(58)71-35-37(73-41(59)32-30-28-26-24-22-19-16-14-12-10-8-6-4-2)36-72-79(69,70)78-53-51(76-54-49(67)44(62)42(60)38(33-56)74-54)47(65)46(64)48(66)52(53)77-55-50(68)45(63)43(61)39(34-57)75-55/h14,16,37-39,42-57,60-68H,3-13,15,17-36H2,1-2H3,(H,69,70)/b16-14-/t37-,38?,39?,42-,43+,44?,45?,46?,47?,48?,49-,50+,51-,52?,53?,54-,55+/m1/s1. The Bertz CT molecular complexity index is 1630. The summed E-state index contributed by atoms with van der Waals surface area (Å²) >= 11 is 0. The fraction of sp³-hybridized carbons (Fsp3) is 0.927. The molecule has 3 rings (SSSR count). The van der Waals surface area contributed by atoms with Crippen LogP contribution >= 0.6 is 7.82 Å². The third kappa shape index (κ3) is 26.3. The van der Waals surface area contributed by atoms with Crippen LogP contribution in [0.2, 0.25) is 0 Å². The van der Waals surface area contributed by atoms with Crippen molar-refractivity contribution in [2.45, 2.75) is 298 Å². The molecule has 0 aromatic heterocycles. The maximum Gasteiger partial charge on any atom is 0.472 e. The highest BCUT2D eigenvalue weighted by atomic mass is 31.2. The van der Waals surface area contributed by atoms with Gasteiger partial charge < -0.3 is 89.5 Å². The average molecular weight is 1160 g/mol. The molecule has 2 heterocycles. The van der Waals surface area contributed by atoms with Crippen LogP contribution in [0.25, 0.3) is 0 Å². The van der Waals surface area contributed by atoms with Gasteiger partial charge in [0.25, 0.3) is 0 Å². The zero-order valence-electron chi connectivity index (χ0n) is 46.9. The monoisotopic (exact) mass is 1160 g/mol. The van der Waals surface area contributed by atoms with Gasteiger partial charge in [-0.15, -0.1) is 0 Å². The normalized spacial score (nSPS) is 31.5. The van der Waals surface area contributed by atoms with Gasteiger partial charge in [0.2, 0.25) is 0 Å². The number of allylic oxidation sites excluding steroid dienone is 2. The first-order chi connectivity index (χ1) is 37.9. The minimum Gasteiger partial charge on any atom is -0.462 e. The number of phosphoric ester groups is 1. The van der Waals surface area contributed by atoms with Crippen LogP contribution in [0.1, 0.15) is 194 Å². The second-order valence-electron chi connectivity index (χ2n) is 21.5. The Morgan fingerprint density at radius 3 is 1.25 bits per heavy atom. The van der Waals surface area contributed by atoms with E-state index >= 15 is 0 Å². The second kappa shape index (κ2) is 40.5. The fourth-order valence-corrected chi connectivity index (χ4v) is 10.8. The number of aliphatic hydroxyl groups excluding tert-OH is 11. The number of rotatable bonds is 43. The number of aliphatic hydroxyl groups is 11. The van der Waals surface area contributed by atoms with E-state index in [2.05, 4.69) is 26.0 Å². The van der Waals surface area contributed by atoms with Gasteiger partial charge in [-0.2, -0.15) is 0 Å². The Morgan fingerprint density at radius 1 is 0.468 bits per heavy atom. The van der Waals surface area contributed by atoms with E-state index in [9.17, 15) is 75.2 Å². The molecule has 18 atom stereocenters. The van der Waals surface area contributed by atoms with E-state index in [0.29, 0.717) is 12.8 Å². The molecular formula is C55H101O23P. The van der Waals surface area contributed by atoms with Crippen LogP contribution in [-0.4, -0.2) is 204 Å². The molecule has 464 valence electrons. The number of esters is 2. The highest BCUT2D eigenvalue weighted by Gasteiger charge is 2.58. The van der Waals surface area contributed by atoms with Crippen molar-refractivity contribution < 1.29 is 113 Å². The van der Waals surface area contributed by atoms with E-state index in [4.69, 9.17) is 37.5 Å². The Balaban J connectivity index is 1.70. The molecule has 0 aromatic carbocycles. The fourth-order valence-electron chi connectivity index (χ4n) is 9.88. The second-order valence-corrected chi connectivity index (χ2v) is 22.9. The van der Waals surface area contributed by atoms with Gasteiger partial charge in [-0.1, -0.05) is 154 Å². The number of ether oxygens (including phenoxy) is 6. The van der Waals surface area contributed by atoms with Gasteiger partial charge in [-0.3, -0.25) is 18.6 Å². The largest absolute Gasteiger partial charge is 0.472 e. The maximum absolute atomic E-state index is 14.0. The maximum atomic E-state index is 14.0. The van der Waals surface area contributed by atoms with Crippen molar-refractivity contribution in [1.82, 2.24) is 0 Å². The number of carbonyl (C=O) groups excluding carboxylic acids is 2. The van der Waals surface area contributed by atoms with Gasteiger partial charge >= 0.3 is 19.8 Å². The summed E-state index contributed by atoms with van der Waals surface area (Å²) in [4.78, 5) is 37.5. The predicted octanol–water partition coefficient (Wildman–Crippen LogP) is 3.93.